The average molecular weight is 223 g/mol. The molecule has 0 unspecified atom stereocenters. The lowest BCUT2D eigenvalue weighted by molar-refractivity contribution is 0.0996. The van der Waals surface area contributed by atoms with Crippen LogP contribution in [0.5, 0.6) is 0 Å². The van der Waals surface area contributed by atoms with E-state index in [9.17, 15) is 4.79 Å². The van der Waals surface area contributed by atoms with E-state index in [1.54, 1.807) is 30.5 Å². The number of nitrogens with one attached hydrogen (secondary N) is 1. The average Bonchev–Trinajstić information content (AvgIpc) is 2.74. The van der Waals surface area contributed by atoms with E-state index in [0.717, 1.165) is 0 Å². The molecule has 0 atom stereocenters. The van der Waals surface area contributed by atoms with Gasteiger partial charge in [0, 0.05) is 6.20 Å². The monoisotopic (exact) mass is 222 g/mol. The van der Waals surface area contributed by atoms with Gasteiger partial charge in [0.1, 0.15) is 0 Å². The quantitative estimate of drug-likeness (QED) is 0.795. The van der Waals surface area contributed by atoms with Crippen LogP contribution in [0.15, 0.2) is 41.1 Å². The Balaban J connectivity index is 2.17. The summed E-state index contributed by atoms with van der Waals surface area (Å²) in [5, 5.41) is 2.83. The van der Waals surface area contributed by atoms with Crippen molar-refractivity contribution in [3.8, 4) is 0 Å². The van der Waals surface area contributed by atoms with Crippen LogP contribution in [-0.2, 0) is 0 Å². The van der Waals surface area contributed by atoms with E-state index in [-0.39, 0.29) is 16.8 Å². The van der Waals surface area contributed by atoms with Crippen molar-refractivity contribution in [2.24, 2.45) is 0 Å². The van der Waals surface area contributed by atoms with Crippen LogP contribution < -0.4 is 5.32 Å². The lowest BCUT2D eigenvalue weighted by Crippen LogP contribution is -2.11. The molecule has 0 aromatic carbocycles. The van der Waals surface area contributed by atoms with Gasteiger partial charge in [0.05, 0.1) is 12.0 Å². The zero-order valence-corrected chi connectivity index (χ0v) is 8.36. The summed E-state index contributed by atoms with van der Waals surface area (Å²) in [7, 11) is 0. The van der Waals surface area contributed by atoms with Gasteiger partial charge in [0.2, 0.25) is 0 Å². The summed E-state index contributed by atoms with van der Waals surface area (Å²) < 4.78 is 4.93. The molecule has 0 radical (unpaired) electrons. The predicted molar refractivity (Wildman–Crippen MR) is 55.9 cm³/mol. The summed E-state index contributed by atoms with van der Waals surface area (Å²) in [5.74, 6) is -0.121. The Kier molecular flexibility index (Phi) is 2.69. The standard InChI is InChI=1S/C10H7ClN2O2/c11-9-7(3-1-5-12-9)13-10(14)8-4-2-6-15-8/h1-6H,(H,13,14). The summed E-state index contributed by atoms with van der Waals surface area (Å²) >= 11 is 5.77. The molecular formula is C10H7ClN2O2. The van der Waals surface area contributed by atoms with Gasteiger partial charge in [-0.15, -0.1) is 0 Å². The zero-order valence-electron chi connectivity index (χ0n) is 7.61. The number of pyridine rings is 1. The molecule has 5 heteroatoms. The molecule has 2 aromatic rings. The number of carbonyl (C=O) groups is 1. The van der Waals surface area contributed by atoms with Crippen molar-refractivity contribution in [3.63, 3.8) is 0 Å². The van der Waals surface area contributed by atoms with Gasteiger partial charge >= 0.3 is 0 Å². The Bertz CT molecular complexity index is 468. The van der Waals surface area contributed by atoms with Crippen molar-refractivity contribution in [2.45, 2.75) is 0 Å². The number of carbonyl (C=O) groups excluding carboxylic acids is 1. The van der Waals surface area contributed by atoms with Gasteiger partial charge in [-0.2, -0.15) is 0 Å². The number of furan rings is 1. The van der Waals surface area contributed by atoms with Gasteiger partial charge in [-0.3, -0.25) is 4.79 Å². The van der Waals surface area contributed by atoms with Crippen LogP contribution in [0.4, 0.5) is 5.69 Å². The zero-order chi connectivity index (χ0) is 10.7. The third-order valence-corrected chi connectivity index (χ3v) is 2.05. The largest absolute Gasteiger partial charge is 0.459 e. The Labute approximate surface area is 90.9 Å². The molecule has 0 saturated carbocycles. The number of nitrogens with zero attached hydrogens (tertiary/aromatic N) is 1. The van der Waals surface area contributed by atoms with Crippen molar-refractivity contribution in [1.82, 2.24) is 4.98 Å². The maximum atomic E-state index is 11.5. The van der Waals surface area contributed by atoms with Gasteiger partial charge in [-0.05, 0) is 24.3 Å². The van der Waals surface area contributed by atoms with Crippen molar-refractivity contribution in [2.75, 3.05) is 5.32 Å². The minimum Gasteiger partial charge on any atom is -0.459 e. The van der Waals surface area contributed by atoms with Crippen LogP contribution in [-0.4, -0.2) is 10.9 Å². The number of aromatic nitrogens is 1. The Morgan fingerprint density at radius 2 is 2.27 bits per heavy atom. The Morgan fingerprint density at radius 3 is 2.93 bits per heavy atom. The first-order valence-electron chi connectivity index (χ1n) is 4.23. The first-order valence-corrected chi connectivity index (χ1v) is 4.60. The molecule has 1 N–H and O–H groups in total. The Morgan fingerprint density at radius 1 is 1.40 bits per heavy atom. The lowest BCUT2D eigenvalue weighted by atomic mass is 10.4. The lowest BCUT2D eigenvalue weighted by Gasteiger charge is -2.03. The minimum atomic E-state index is -0.352. The molecule has 0 fully saturated rings. The number of amides is 1. The second-order valence-corrected chi connectivity index (χ2v) is 3.13. The highest BCUT2D eigenvalue weighted by atomic mass is 35.5. The Hall–Kier alpha value is -1.81. The van der Waals surface area contributed by atoms with E-state index >= 15 is 0 Å². The van der Waals surface area contributed by atoms with Gasteiger partial charge in [0.15, 0.2) is 10.9 Å². The summed E-state index contributed by atoms with van der Waals surface area (Å²) in [6.07, 6.45) is 2.98. The fraction of sp³-hybridized carbons (Fsp3) is 0. The normalized spacial score (nSPS) is 9.93. The van der Waals surface area contributed by atoms with Crippen LogP contribution in [0.1, 0.15) is 10.6 Å². The molecule has 0 aliphatic heterocycles. The predicted octanol–water partition coefficient (Wildman–Crippen LogP) is 2.58. The molecule has 4 nitrogen and oxygen atoms in total. The van der Waals surface area contributed by atoms with Crippen LogP contribution >= 0.6 is 11.6 Å². The molecule has 2 aromatic heterocycles. The second-order valence-electron chi connectivity index (χ2n) is 2.77. The van der Waals surface area contributed by atoms with Crippen LogP contribution in [0.2, 0.25) is 5.15 Å². The van der Waals surface area contributed by atoms with Gasteiger partial charge in [-0.25, -0.2) is 4.98 Å². The first kappa shape index (κ1) is 9.73. The molecule has 1 amide bonds. The molecule has 0 aliphatic carbocycles. The van der Waals surface area contributed by atoms with E-state index in [2.05, 4.69) is 10.3 Å². The summed E-state index contributed by atoms with van der Waals surface area (Å²) in [6.45, 7) is 0. The molecular weight excluding hydrogens is 216 g/mol. The summed E-state index contributed by atoms with van der Waals surface area (Å²) in [5.41, 5.74) is 0.459. The molecule has 2 heterocycles. The maximum absolute atomic E-state index is 11.5. The minimum absolute atomic E-state index is 0.231. The maximum Gasteiger partial charge on any atom is 0.291 e. The number of hydrogen-bond acceptors (Lipinski definition) is 3. The van der Waals surface area contributed by atoms with E-state index in [0.29, 0.717) is 5.69 Å². The smallest absolute Gasteiger partial charge is 0.291 e. The van der Waals surface area contributed by atoms with E-state index in [4.69, 9.17) is 16.0 Å². The van der Waals surface area contributed by atoms with Gasteiger partial charge in [-0.1, -0.05) is 11.6 Å². The van der Waals surface area contributed by atoms with Gasteiger partial charge < -0.3 is 9.73 Å². The molecule has 0 aliphatic rings. The number of hydrogen-bond donors (Lipinski definition) is 1. The molecule has 2 rings (SSSR count). The fourth-order valence-corrected chi connectivity index (χ4v) is 1.24. The van der Waals surface area contributed by atoms with Crippen molar-refractivity contribution >= 4 is 23.2 Å². The van der Waals surface area contributed by atoms with E-state index in [1.165, 1.54) is 6.26 Å². The summed E-state index contributed by atoms with van der Waals surface area (Å²) in [4.78, 5) is 15.4. The number of halogens is 1. The third-order valence-electron chi connectivity index (χ3n) is 1.75. The van der Waals surface area contributed by atoms with Crippen molar-refractivity contribution in [3.05, 3.63) is 47.6 Å². The van der Waals surface area contributed by atoms with Crippen LogP contribution in [0.25, 0.3) is 0 Å². The fourth-order valence-electron chi connectivity index (χ4n) is 1.07. The first-order chi connectivity index (χ1) is 7.27. The molecule has 0 saturated heterocycles. The topological polar surface area (TPSA) is 55.1 Å². The highest BCUT2D eigenvalue weighted by Crippen LogP contribution is 2.18. The van der Waals surface area contributed by atoms with E-state index < -0.39 is 0 Å². The van der Waals surface area contributed by atoms with Gasteiger partial charge in [0.25, 0.3) is 5.91 Å². The molecule has 0 bridgehead atoms. The molecule has 15 heavy (non-hydrogen) atoms. The highest BCUT2D eigenvalue weighted by molar-refractivity contribution is 6.32. The number of rotatable bonds is 2. The van der Waals surface area contributed by atoms with Crippen LogP contribution in [0.3, 0.4) is 0 Å². The SMILES string of the molecule is O=C(Nc1cccnc1Cl)c1ccco1. The molecule has 0 spiro atoms. The van der Waals surface area contributed by atoms with Crippen molar-refractivity contribution < 1.29 is 9.21 Å². The third kappa shape index (κ3) is 2.16. The number of anilines is 1. The van der Waals surface area contributed by atoms with E-state index in [1.807, 2.05) is 0 Å². The van der Waals surface area contributed by atoms with Crippen molar-refractivity contribution in [1.29, 1.82) is 0 Å². The van der Waals surface area contributed by atoms with Crippen LogP contribution in [0, 0.1) is 0 Å². The second kappa shape index (κ2) is 4.14. The highest BCUT2D eigenvalue weighted by Gasteiger charge is 2.10. The summed E-state index contributed by atoms with van der Waals surface area (Å²) in [6, 6.07) is 6.55. The molecule has 76 valence electrons.